The third-order valence-electron chi connectivity index (χ3n) is 6.98. The van der Waals surface area contributed by atoms with Crippen molar-refractivity contribution in [2.45, 2.75) is 70.9 Å². The quantitative estimate of drug-likeness (QED) is 0.261. The lowest BCUT2D eigenvalue weighted by atomic mass is 9.83. The Balaban J connectivity index is 2.09. The Kier molecular flexibility index (Phi) is 13.7. The van der Waals surface area contributed by atoms with Gasteiger partial charge in [0.25, 0.3) is 0 Å². The molecule has 0 heterocycles. The van der Waals surface area contributed by atoms with Crippen LogP contribution in [-0.4, -0.2) is 70.0 Å². The van der Waals surface area contributed by atoms with Crippen LogP contribution in [0.4, 0.5) is 0 Å². The highest BCUT2D eigenvalue weighted by Crippen LogP contribution is 2.31. The molecule has 2 aromatic rings. The average molecular weight is 565 g/mol. The van der Waals surface area contributed by atoms with Gasteiger partial charge in [0.1, 0.15) is 0 Å². The van der Waals surface area contributed by atoms with Crippen LogP contribution in [0, 0.1) is 11.8 Å². The summed E-state index contributed by atoms with van der Waals surface area (Å²) >= 11 is 0. The van der Waals surface area contributed by atoms with E-state index in [2.05, 4.69) is 13.8 Å². The Morgan fingerprint density at radius 3 is 2.23 bits per heavy atom. The summed E-state index contributed by atoms with van der Waals surface area (Å²) in [4.78, 5) is 0. The monoisotopic (exact) mass is 564 g/mol. The third kappa shape index (κ3) is 10.7. The number of rotatable bonds is 18. The van der Waals surface area contributed by atoms with E-state index in [-0.39, 0.29) is 24.3 Å². The van der Waals surface area contributed by atoms with Gasteiger partial charge in [-0.3, -0.25) is 0 Å². The number of nitrogens with two attached hydrogens (primary N) is 1. The maximum atomic E-state index is 13.2. The number of ether oxygens (including phenoxy) is 3. The van der Waals surface area contributed by atoms with E-state index in [1.54, 1.807) is 26.4 Å². The van der Waals surface area contributed by atoms with Gasteiger partial charge < -0.3 is 25.1 Å². The molecule has 2 unspecified atom stereocenters. The molecule has 0 bridgehead atoms. The molecule has 39 heavy (non-hydrogen) atoms. The molecule has 0 aliphatic heterocycles. The van der Waals surface area contributed by atoms with Crippen LogP contribution in [0.2, 0.25) is 0 Å². The number of sulfonamides is 1. The molecule has 0 saturated heterocycles. The van der Waals surface area contributed by atoms with Gasteiger partial charge in [0.15, 0.2) is 11.5 Å². The first-order valence-electron chi connectivity index (χ1n) is 13.7. The van der Waals surface area contributed by atoms with Crippen molar-refractivity contribution in [2.75, 3.05) is 34.0 Å². The minimum absolute atomic E-state index is 0.0409. The fourth-order valence-electron chi connectivity index (χ4n) is 4.58. The van der Waals surface area contributed by atoms with Gasteiger partial charge in [-0.05, 0) is 61.8 Å². The van der Waals surface area contributed by atoms with E-state index in [1.165, 1.54) is 4.31 Å². The SMILES string of the molecule is COCCCOc1cc(C[C@@H](CC(N)C(O)CN(C(C)C)S(=O)(=O)Cc2ccccc2)C(C)C)ccc1OC. The van der Waals surface area contributed by atoms with Gasteiger partial charge >= 0.3 is 0 Å². The molecule has 8 nitrogen and oxygen atoms in total. The fraction of sp³-hybridized carbons (Fsp3) is 0.600. The maximum absolute atomic E-state index is 13.2. The van der Waals surface area contributed by atoms with Crippen LogP contribution in [0.3, 0.4) is 0 Å². The first-order chi connectivity index (χ1) is 18.5. The topological polar surface area (TPSA) is 111 Å². The summed E-state index contributed by atoms with van der Waals surface area (Å²) in [6.07, 6.45) is 1.09. The van der Waals surface area contributed by atoms with Crippen LogP contribution < -0.4 is 15.2 Å². The second kappa shape index (κ2) is 16.2. The predicted molar refractivity (Wildman–Crippen MR) is 157 cm³/mol. The molecule has 0 saturated carbocycles. The number of aliphatic hydroxyl groups excluding tert-OH is 1. The second-order valence-corrected chi connectivity index (χ2v) is 12.7. The summed E-state index contributed by atoms with van der Waals surface area (Å²) in [6, 6.07) is 14.1. The van der Waals surface area contributed by atoms with Gasteiger partial charge in [0, 0.05) is 38.8 Å². The highest BCUT2D eigenvalue weighted by atomic mass is 32.2. The van der Waals surface area contributed by atoms with Gasteiger partial charge in [-0.1, -0.05) is 50.2 Å². The van der Waals surface area contributed by atoms with Crippen LogP contribution in [0.5, 0.6) is 11.5 Å². The molecule has 0 amide bonds. The summed E-state index contributed by atoms with van der Waals surface area (Å²) < 4.78 is 44.3. The van der Waals surface area contributed by atoms with Crippen molar-refractivity contribution in [1.29, 1.82) is 0 Å². The van der Waals surface area contributed by atoms with Crippen LogP contribution in [0.15, 0.2) is 48.5 Å². The van der Waals surface area contributed by atoms with E-state index < -0.39 is 22.2 Å². The number of aliphatic hydroxyl groups is 1. The molecule has 0 aliphatic carbocycles. The summed E-state index contributed by atoms with van der Waals surface area (Å²) in [5.74, 6) is 1.73. The number of nitrogens with zero attached hydrogens (tertiary/aromatic N) is 1. The molecule has 0 fully saturated rings. The summed E-state index contributed by atoms with van der Waals surface area (Å²) in [5.41, 5.74) is 8.30. The molecule has 2 rings (SSSR count). The van der Waals surface area contributed by atoms with E-state index >= 15 is 0 Å². The van der Waals surface area contributed by atoms with E-state index in [0.717, 1.165) is 18.4 Å². The second-order valence-electron chi connectivity index (χ2n) is 10.8. The van der Waals surface area contributed by atoms with Crippen LogP contribution >= 0.6 is 0 Å². The molecular weight excluding hydrogens is 516 g/mol. The number of methoxy groups -OCH3 is 2. The van der Waals surface area contributed by atoms with Crippen molar-refractivity contribution >= 4 is 10.0 Å². The van der Waals surface area contributed by atoms with Crippen LogP contribution in [-0.2, 0) is 26.9 Å². The van der Waals surface area contributed by atoms with Gasteiger partial charge in [-0.15, -0.1) is 0 Å². The first kappa shape index (κ1) is 33.0. The van der Waals surface area contributed by atoms with Gasteiger partial charge in [-0.2, -0.15) is 4.31 Å². The molecule has 0 aromatic heterocycles. The molecule has 220 valence electrons. The highest BCUT2D eigenvalue weighted by molar-refractivity contribution is 7.88. The van der Waals surface area contributed by atoms with Crippen LogP contribution in [0.25, 0.3) is 0 Å². The first-order valence-corrected chi connectivity index (χ1v) is 15.3. The number of benzene rings is 2. The predicted octanol–water partition coefficient (Wildman–Crippen LogP) is 4.24. The smallest absolute Gasteiger partial charge is 0.218 e. The molecular formula is C30H48N2O6S. The zero-order valence-electron chi connectivity index (χ0n) is 24.4. The minimum Gasteiger partial charge on any atom is -0.493 e. The standard InChI is InChI=1S/C30H48N2O6S/c1-22(2)26(17-25-13-14-29(37-6)30(18-25)38-16-10-15-36-5)19-27(31)28(33)20-32(23(3)4)39(34,35)21-24-11-8-7-9-12-24/h7-9,11-14,18,22-23,26-28,33H,10,15-17,19-21,31H2,1-6H3/t26-,27?,28?/m0/s1. The Morgan fingerprint density at radius 1 is 0.949 bits per heavy atom. The molecule has 0 aliphatic rings. The summed E-state index contributed by atoms with van der Waals surface area (Å²) in [7, 11) is -0.350. The van der Waals surface area contributed by atoms with Crippen LogP contribution in [0.1, 0.15) is 51.7 Å². The third-order valence-corrected chi connectivity index (χ3v) is 8.96. The van der Waals surface area contributed by atoms with E-state index in [1.807, 2.05) is 50.2 Å². The summed E-state index contributed by atoms with van der Waals surface area (Å²) in [5, 5.41) is 11.0. The molecule has 0 spiro atoms. The Morgan fingerprint density at radius 2 is 1.64 bits per heavy atom. The normalized spacial score (nSPS) is 14.5. The zero-order chi connectivity index (χ0) is 29.0. The number of hydrogen-bond acceptors (Lipinski definition) is 7. The minimum atomic E-state index is -3.64. The zero-order valence-corrected chi connectivity index (χ0v) is 25.2. The van der Waals surface area contributed by atoms with Gasteiger partial charge in [0.05, 0.1) is 25.6 Å². The Labute approximate surface area is 235 Å². The molecule has 3 N–H and O–H groups in total. The van der Waals surface area contributed by atoms with Crippen molar-refractivity contribution in [3.05, 3.63) is 59.7 Å². The van der Waals surface area contributed by atoms with Crippen molar-refractivity contribution in [1.82, 2.24) is 4.31 Å². The highest BCUT2D eigenvalue weighted by Gasteiger charge is 2.31. The average Bonchev–Trinajstić information content (AvgIpc) is 2.89. The van der Waals surface area contributed by atoms with Crippen molar-refractivity contribution < 1.29 is 27.7 Å². The van der Waals surface area contributed by atoms with Gasteiger partial charge in [-0.25, -0.2) is 8.42 Å². The Hall–Kier alpha value is -2.17. The van der Waals surface area contributed by atoms with Crippen molar-refractivity contribution in [3.63, 3.8) is 0 Å². The van der Waals surface area contributed by atoms with Crippen molar-refractivity contribution in [2.24, 2.45) is 17.6 Å². The lowest BCUT2D eigenvalue weighted by Crippen LogP contribution is -2.49. The number of hydrogen-bond donors (Lipinski definition) is 2. The fourth-order valence-corrected chi connectivity index (χ4v) is 6.38. The molecule has 2 aromatic carbocycles. The summed E-state index contributed by atoms with van der Waals surface area (Å²) in [6.45, 7) is 9.02. The van der Waals surface area contributed by atoms with E-state index in [4.69, 9.17) is 19.9 Å². The lowest BCUT2D eigenvalue weighted by Gasteiger charge is -2.32. The lowest BCUT2D eigenvalue weighted by molar-refractivity contribution is 0.0980. The molecule has 3 atom stereocenters. The van der Waals surface area contributed by atoms with E-state index in [9.17, 15) is 13.5 Å². The maximum Gasteiger partial charge on any atom is 0.218 e. The molecule has 9 heteroatoms. The largest absolute Gasteiger partial charge is 0.493 e. The Bertz CT molecular complexity index is 1080. The molecule has 0 radical (unpaired) electrons. The van der Waals surface area contributed by atoms with E-state index in [0.29, 0.717) is 42.6 Å². The van der Waals surface area contributed by atoms with Gasteiger partial charge in [0.2, 0.25) is 10.0 Å². The van der Waals surface area contributed by atoms with Crippen molar-refractivity contribution in [3.8, 4) is 11.5 Å².